The molecule has 2 aromatic carbocycles. The zero-order chi connectivity index (χ0) is 23.2. The number of benzene rings is 2. The molecule has 0 amide bonds. The van der Waals surface area contributed by atoms with Crippen LogP contribution in [0.1, 0.15) is 25.0 Å². The molecular weight excluding hydrogens is 415 g/mol. The molecule has 0 radical (unpaired) electrons. The number of hydrogen-bond donors (Lipinski definition) is 2. The van der Waals surface area contributed by atoms with Gasteiger partial charge in [0.25, 0.3) is 0 Å². The van der Waals surface area contributed by atoms with Gasteiger partial charge >= 0.3 is 12.1 Å². The third-order valence-electron chi connectivity index (χ3n) is 4.10. The summed E-state index contributed by atoms with van der Waals surface area (Å²) in [6.07, 6.45) is -4.43. The number of amidine groups is 2. The highest BCUT2D eigenvalue weighted by atomic mass is 19.4. The van der Waals surface area contributed by atoms with E-state index in [1.807, 2.05) is 0 Å². The Morgan fingerprint density at radius 1 is 1.03 bits per heavy atom. The van der Waals surface area contributed by atoms with Gasteiger partial charge in [0.05, 0.1) is 5.56 Å². The summed E-state index contributed by atoms with van der Waals surface area (Å²) in [5, 5.41) is 9.10. The number of aliphatic imine (C=N–C) groups is 2. The Morgan fingerprint density at radius 2 is 1.58 bits per heavy atom. The summed E-state index contributed by atoms with van der Waals surface area (Å²) in [5.41, 5.74) is 4.03. The van der Waals surface area contributed by atoms with Crippen molar-refractivity contribution in [1.29, 1.82) is 0 Å². The predicted molar refractivity (Wildman–Crippen MR) is 110 cm³/mol. The molecule has 31 heavy (non-hydrogen) atoms. The van der Waals surface area contributed by atoms with Crippen LogP contribution in [0.3, 0.4) is 0 Å². The molecule has 2 aromatic rings. The Hall–Kier alpha value is -3.56. The molecule has 2 rings (SSSR count). The Morgan fingerprint density at radius 3 is 2.06 bits per heavy atom. The zero-order valence-corrected chi connectivity index (χ0v) is 17.1. The molecule has 10 heteroatoms. The van der Waals surface area contributed by atoms with E-state index < -0.39 is 23.3 Å². The third-order valence-corrected chi connectivity index (χ3v) is 4.10. The zero-order valence-electron chi connectivity index (χ0n) is 17.1. The van der Waals surface area contributed by atoms with Crippen molar-refractivity contribution in [2.75, 3.05) is 13.7 Å². The number of nitrogens with two attached hydrogens (primary N) is 1. The van der Waals surface area contributed by atoms with E-state index in [4.69, 9.17) is 20.3 Å². The molecule has 0 bridgehead atoms. The molecule has 166 valence electrons. The SMILES string of the molecule is CN=C(COc1ccc(OC(C)(C)C(=O)O)cc1)N=C(N)c1ccc(C(F)(F)F)cc1. The fraction of sp³-hybridized carbons (Fsp3) is 0.286. The predicted octanol–water partition coefficient (Wildman–Crippen LogP) is 3.76. The van der Waals surface area contributed by atoms with Crippen molar-refractivity contribution in [1.82, 2.24) is 0 Å². The summed E-state index contributed by atoms with van der Waals surface area (Å²) < 4.78 is 49.0. The van der Waals surface area contributed by atoms with Gasteiger partial charge < -0.3 is 20.3 Å². The number of carboxylic acids is 1. The van der Waals surface area contributed by atoms with Crippen molar-refractivity contribution in [2.45, 2.75) is 25.6 Å². The highest BCUT2D eigenvalue weighted by Crippen LogP contribution is 2.29. The second-order valence-electron chi connectivity index (χ2n) is 6.89. The third kappa shape index (κ3) is 6.73. The Kier molecular flexibility index (Phi) is 7.27. The van der Waals surface area contributed by atoms with Crippen molar-refractivity contribution in [3.8, 4) is 11.5 Å². The fourth-order valence-electron chi connectivity index (χ4n) is 2.27. The van der Waals surface area contributed by atoms with Crippen LogP contribution in [0.4, 0.5) is 13.2 Å². The Bertz CT molecular complexity index is 967. The van der Waals surface area contributed by atoms with Gasteiger partial charge in [0.1, 0.15) is 23.9 Å². The van der Waals surface area contributed by atoms with E-state index in [1.54, 1.807) is 24.3 Å². The minimum atomic E-state index is -4.43. The summed E-state index contributed by atoms with van der Waals surface area (Å²) >= 11 is 0. The average molecular weight is 437 g/mol. The minimum absolute atomic E-state index is 0.00225. The quantitative estimate of drug-likeness (QED) is 0.507. The number of rotatable bonds is 7. The molecular formula is C21H22F3N3O4. The van der Waals surface area contributed by atoms with Gasteiger partial charge in [-0.2, -0.15) is 13.2 Å². The molecule has 0 aliphatic carbocycles. The van der Waals surface area contributed by atoms with Crippen molar-refractivity contribution >= 4 is 17.6 Å². The summed E-state index contributed by atoms with van der Waals surface area (Å²) in [5.74, 6) is -0.0685. The van der Waals surface area contributed by atoms with Gasteiger partial charge in [-0.05, 0) is 50.2 Å². The minimum Gasteiger partial charge on any atom is -0.486 e. The van der Waals surface area contributed by atoms with Crippen LogP contribution in [0.5, 0.6) is 11.5 Å². The Balaban J connectivity index is 2.01. The fourth-order valence-corrected chi connectivity index (χ4v) is 2.27. The lowest BCUT2D eigenvalue weighted by molar-refractivity contribution is -0.152. The molecule has 0 aromatic heterocycles. The van der Waals surface area contributed by atoms with Crippen LogP contribution in [-0.2, 0) is 11.0 Å². The molecule has 0 saturated carbocycles. The molecule has 0 saturated heterocycles. The van der Waals surface area contributed by atoms with E-state index in [0.717, 1.165) is 12.1 Å². The van der Waals surface area contributed by atoms with Gasteiger partial charge in [0.15, 0.2) is 11.4 Å². The molecule has 0 fully saturated rings. The van der Waals surface area contributed by atoms with Crippen molar-refractivity contribution in [2.24, 2.45) is 15.7 Å². The maximum atomic E-state index is 12.7. The molecule has 0 heterocycles. The number of aliphatic carboxylic acids is 1. The lowest BCUT2D eigenvalue weighted by Gasteiger charge is -2.21. The standard InChI is InChI=1S/C21H22F3N3O4/c1-20(2,19(28)29)31-16-10-8-15(9-11-16)30-12-17(26-3)27-18(25)13-4-6-14(7-5-13)21(22,23)24/h4-11H,12H2,1-3H3,(H,28,29)(H2,25,26,27). The number of carboxylic acid groups (broad SMARTS) is 1. The number of nitrogens with zero attached hydrogens (tertiary/aromatic N) is 2. The normalized spacial score (nSPS) is 13.1. The van der Waals surface area contributed by atoms with Crippen LogP contribution in [0.2, 0.25) is 0 Å². The van der Waals surface area contributed by atoms with Gasteiger partial charge in [-0.1, -0.05) is 12.1 Å². The average Bonchev–Trinajstić information content (AvgIpc) is 2.71. The number of hydrogen-bond acceptors (Lipinski definition) is 4. The highest BCUT2D eigenvalue weighted by Gasteiger charge is 2.30. The summed E-state index contributed by atoms with van der Waals surface area (Å²) in [6.45, 7) is 2.82. The van der Waals surface area contributed by atoms with E-state index in [0.29, 0.717) is 17.1 Å². The van der Waals surface area contributed by atoms with Crippen LogP contribution in [0.25, 0.3) is 0 Å². The topological polar surface area (TPSA) is 106 Å². The highest BCUT2D eigenvalue weighted by molar-refractivity contribution is 6.05. The van der Waals surface area contributed by atoms with Crippen LogP contribution in [-0.4, -0.2) is 42.0 Å². The van der Waals surface area contributed by atoms with Crippen LogP contribution in [0, 0.1) is 0 Å². The van der Waals surface area contributed by atoms with Gasteiger partial charge in [0, 0.05) is 12.6 Å². The first-order valence-electron chi connectivity index (χ1n) is 9.05. The molecule has 0 unspecified atom stereocenters. The molecule has 0 spiro atoms. The van der Waals surface area contributed by atoms with Crippen molar-refractivity contribution in [3.63, 3.8) is 0 Å². The van der Waals surface area contributed by atoms with Crippen molar-refractivity contribution in [3.05, 3.63) is 59.7 Å². The smallest absolute Gasteiger partial charge is 0.416 e. The lowest BCUT2D eigenvalue weighted by atomic mass is 10.1. The number of alkyl halides is 3. The van der Waals surface area contributed by atoms with Crippen LogP contribution < -0.4 is 15.2 Å². The van der Waals surface area contributed by atoms with E-state index in [-0.39, 0.29) is 18.3 Å². The first-order chi connectivity index (χ1) is 14.4. The molecule has 0 aliphatic heterocycles. The molecule has 0 atom stereocenters. The number of halogens is 3. The van der Waals surface area contributed by atoms with E-state index in [2.05, 4.69) is 9.98 Å². The summed E-state index contributed by atoms with van der Waals surface area (Å²) in [7, 11) is 1.48. The van der Waals surface area contributed by atoms with Crippen molar-refractivity contribution < 1.29 is 32.5 Å². The Labute approximate surface area is 177 Å². The lowest BCUT2D eigenvalue weighted by Crippen LogP contribution is -2.37. The van der Waals surface area contributed by atoms with E-state index in [1.165, 1.54) is 33.0 Å². The van der Waals surface area contributed by atoms with Crippen LogP contribution >= 0.6 is 0 Å². The second-order valence-corrected chi connectivity index (χ2v) is 6.89. The van der Waals surface area contributed by atoms with Gasteiger partial charge in [-0.25, -0.2) is 9.79 Å². The maximum absolute atomic E-state index is 12.7. The molecule has 0 aliphatic rings. The van der Waals surface area contributed by atoms with E-state index >= 15 is 0 Å². The monoisotopic (exact) mass is 437 g/mol. The van der Waals surface area contributed by atoms with Gasteiger partial charge in [-0.3, -0.25) is 4.99 Å². The number of ether oxygens (including phenoxy) is 2. The first kappa shape index (κ1) is 23.7. The maximum Gasteiger partial charge on any atom is 0.416 e. The van der Waals surface area contributed by atoms with E-state index in [9.17, 15) is 18.0 Å². The van der Waals surface area contributed by atoms with Gasteiger partial charge in [-0.15, -0.1) is 0 Å². The second kappa shape index (κ2) is 9.50. The van der Waals surface area contributed by atoms with Crippen LogP contribution in [0.15, 0.2) is 58.5 Å². The number of carbonyl (C=O) groups is 1. The molecule has 7 nitrogen and oxygen atoms in total. The largest absolute Gasteiger partial charge is 0.486 e. The summed E-state index contributed by atoms with van der Waals surface area (Å²) in [6, 6.07) is 10.6. The summed E-state index contributed by atoms with van der Waals surface area (Å²) in [4.78, 5) is 19.2. The molecule has 3 N–H and O–H groups in total. The van der Waals surface area contributed by atoms with Gasteiger partial charge in [0.2, 0.25) is 0 Å². The first-order valence-corrected chi connectivity index (χ1v) is 9.05.